The van der Waals surface area contributed by atoms with Crippen LogP contribution < -0.4 is 0 Å². The Kier molecular flexibility index (Phi) is 5.73. The van der Waals surface area contributed by atoms with Crippen molar-refractivity contribution in [3.05, 3.63) is 151 Å². The van der Waals surface area contributed by atoms with Crippen LogP contribution in [0.4, 0.5) is 0 Å². The summed E-state index contributed by atoms with van der Waals surface area (Å²) in [6.45, 7) is 4.82. The molecule has 3 atom stereocenters. The highest BCUT2D eigenvalue weighted by molar-refractivity contribution is 6.11. The number of rotatable bonds is 3. The van der Waals surface area contributed by atoms with E-state index in [1.54, 1.807) is 0 Å². The topological polar surface area (TPSA) is 30.7 Å². The van der Waals surface area contributed by atoms with Crippen LogP contribution in [0, 0.1) is 11.3 Å². The van der Waals surface area contributed by atoms with Gasteiger partial charge in [0.2, 0.25) is 0 Å². The third kappa shape index (κ3) is 3.90. The highest BCUT2D eigenvalue weighted by atomic mass is 15.1. The first-order valence-corrected chi connectivity index (χ1v) is 15.9. The van der Waals surface area contributed by atoms with Crippen molar-refractivity contribution in [2.45, 2.75) is 26.2 Å². The standard InChI is InChI=1S/C42H33N3/c1-27-26-34-38(33-24-23-28-12-6-7-15-32(28)39(33)44-40(34)35-16-10-11-25-42(27,35)2)29-19-21-30(22-20-29)41-43-36-17-8-9-18-37(36)45(41)31-13-4-3-5-14-31/h3-25,27,35H,26H2,1-2H3. The first-order valence-electron chi connectivity index (χ1n) is 15.9. The number of hydrogen-bond donors (Lipinski definition) is 0. The lowest BCUT2D eigenvalue weighted by Gasteiger charge is -2.45. The number of nitrogens with zero attached hydrogens (tertiary/aromatic N) is 3. The summed E-state index contributed by atoms with van der Waals surface area (Å²) in [6, 6.07) is 41.2. The van der Waals surface area contributed by atoms with Gasteiger partial charge in [-0.15, -0.1) is 0 Å². The average Bonchev–Trinajstić information content (AvgIpc) is 3.48. The Labute approximate surface area is 263 Å². The van der Waals surface area contributed by atoms with E-state index in [0.717, 1.165) is 40.0 Å². The van der Waals surface area contributed by atoms with Crippen LogP contribution in [-0.2, 0) is 6.42 Å². The molecule has 5 aromatic carbocycles. The quantitative estimate of drug-likeness (QED) is 0.195. The maximum Gasteiger partial charge on any atom is 0.145 e. The van der Waals surface area contributed by atoms with E-state index in [0.29, 0.717) is 5.92 Å². The summed E-state index contributed by atoms with van der Waals surface area (Å²) in [5.74, 6) is 1.68. The molecule has 0 amide bonds. The zero-order chi connectivity index (χ0) is 30.1. The van der Waals surface area contributed by atoms with Gasteiger partial charge in [-0.25, -0.2) is 4.98 Å². The minimum Gasteiger partial charge on any atom is -0.292 e. The second-order valence-corrected chi connectivity index (χ2v) is 12.9. The Hall–Kier alpha value is -5.28. The van der Waals surface area contributed by atoms with Gasteiger partial charge in [0.15, 0.2) is 0 Å². The predicted molar refractivity (Wildman–Crippen MR) is 187 cm³/mol. The minimum atomic E-state index is 0.0463. The SMILES string of the molecule is CC1Cc2c(nc3c(ccc4ccccc43)c2-c2ccc(-c3nc4ccccc4n3-c3ccccc3)cc2)C2C=CC=CC12C. The van der Waals surface area contributed by atoms with Crippen molar-refractivity contribution < 1.29 is 0 Å². The number of para-hydroxylation sites is 3. The molecule has 3 heteroatoms. The van der Waals surface area contributed by atoms with Crippen LogP contribution in [0.2, 0.25) is 0 Å². The third-order valence-corrected chi connectivity index (χ3v) is 10.4. The Morgan fingerprint density at radius 1 is 0.711 bits per heavy atom. The van der Waals surface area contributed by atoms with Gasteiger partial charge in [-0.1, -0.05) is 129 Å². The molecule has 0 N–H and O–H groups in total. The molecule has 2 heterocycles. The molecule has 0 aliphatic heterocycles. The zero-order valence-corrected chi connectivity index (χ0v) is 25.5. The van der Waals surface area contributed by atoms with E-state index >= 15 is 0 Å². The molecule has 3 unspecified atom stereocenters. The fraction of sp³-hybridized carbons (Fsp3) is 0.143. The van der Waals surface area contributed by atoms with Crippen molar-refractivity contribution >= 4 is 32.7 Å². The third-order valence-electron chi connectivity index (χ3n) is 10.4. The van der Waals surface area contributed by atoms with Crippen LogP contribution in [-0.4, -0.2) is 14.5 Å². The van der Waals surface area contributed by atoms with Crippen molar-refractivity contribution in [1.82, 2.24) is 14.5 Å². The second kappa shape index (κ2) is 9.87. The molecule has 0 radical (unpaired) electrons. The van der Waals surface area contributed by atoms with Gasteiger partial charge in [0, 0.05) is 33.4 Å². The molecule has 3 nitrogen and oxygen atoms in total. The number of pyridine rings is 1. The summed E-state index contributed by atoms with van der Waals surface area (Å²) in [7, 11) is 0. The molecule has 0 saturated carbocycles. The van der Waals surface area contributed by atoms with E-state index in [4.69, 9.17) is 9.97 Å². The van der Waals surface area contributed by atoms with Crippen molar-refractivity contribution in [2.24, 2.45) is 11.3 Å². The highest BCUT2D eigenvalue weighted by Crippen LogP contribution is 2.54. The lowest BCUT2D eigenvalue weighted by atomic mass is 9.59. The molecule has 7 aromatic rings. The Morgan fingerprint density at radius 2 is 1.47 bits per heavy atom. The van der Waals surface area contributed by atoms with Crippen molar-refractivity contribution in [1.29, 1.82) is 0 Å². The van der Waals surface area contributed by atoms with Crippen molar-refractivity contribution in [3.63, 3.8) is 0 Å². The summed E-state index contributed by atoms with van der Waals surface area (Å²) >= 11 is 0. The van der Waals surface area contributed by atoms with Gasteiger partial charge >= 0.3 is 0 Å². The monoisotopic (exact) mass is 579 g/mol. The molecule has 2 aliphatic carbocycles. The summed E-state index contributed by atoms with van der Waals surface area (Å²) in [6.07, 6.45) is 10.2. The van der Waals surface area contributed by atoms with Crippen LogP contribution in [0.3, 0.4) is 0 Å². The Balaban J connectivity index is 1.27. The predicted octanol–water partition coefficient (Wildman–Crippen LogP) is 10.5. The number of imidazole rings is 1. The normalized spacial score (nSPS) is 20.5. The second-order valence-electron chi connectivity index (χ2n) is 12.9. The molecule has 2 aliphatic rings. The number of fused-ring (bicyclic) bond motifs is 7. The maximum atomic E-state index is 5.53. The smallest absolute Gasteiger partial charge is 0.145 e. The molecule has 216 valence electrons. The molecule has 9 rings (SSSR count). The molecule has 0 spiro atoms. The maximum absolute atomic E-state index is 5.53. The fourth-order valence-corrected chi connectivity index (χ4v) is 7.83. The zero-order valence-electron chi connectivity index (χ0n) is 25.5. The molecule has 0 bridgehead atoms. The van der Waals surface area contributed by atoms with Crippen LogP contribution >= 0.6 is 0 Å². The van der Waals surface area contributed by atoms with Gasteiger partial charge in [0.05, 0.1) is 22.2 Å². The summed E-state index contributed by atoms with van der Waals surface area (Å²) < 4.78 is 2.27. The van der Waals surface area contributed by atoms with E-state index in [2.05, 4.69) is 158 Å². The van der Waals surface area contributed by atoms with Crippen LogP contribution in [0.5, 0.6) is 0 Å². The van der Waals surface area contributed by atoms with Gasteiger partial charge in [-0.05, 0) is 58.7 Å². The first-order chi connectivity index (χ1) is 22.1. The van der Waals surface area contributed by atoms with E-state index in [-0.39, 0.29) is 11.3 Å². The molecule has 0 saturated heterocycles. The molecular weight excluding hydrogens is 546 g/mol. The van der Waals surface area contributed by atoms with Gasteiger partial charge in [-0.2, -0.15) is 0 Å². The van der Waals surface area contributed by atoms with Crippen molar-refractivity contribution in [3.8, 4) is 28.2 Å². The fourth-order valence-electron chi connectivity index (χ4n) is 7.83. The summed E-state index contributed by atoms with van der Waals surface area (Å²) in [4.78, 5) is 10.6. The van der Waals surface area contributed by atoms with Crippen molar-refractivity contribution in [2.75, 3.05) is 0 Å². The number of allylic oxidation sites excluding steroid dienone is 4. The van der Waals surface area contributed by atoms with Gasteiger partial charge in [0.1, 0.15) is 5.82 Å². The average molecular weight is 580 g/mol. The minimum absolute atomic E-state index is 0.0463. The lowest BCUT2D eigenvalue weighted by Crippen LogP contribution is -2.37. The largest absolute Gasteiger partial charge is 0.292 e. The Morgan fingerprint density at radius 3 is 2.33 bits per heavy atom. The van der Waals surface area contributed by atoms with Crippen LogP contribution in [0.1, 0.15) is 31.0 Å². The molecular formula is C42H33N3. The molecule has 45 heavy (non-hydrogen) atoms. The number of aromatic nitrogens is 3. The van der Waals surface area contributed by atoms with E-state index in [1.807, 2.05) is 0 Å². The van der Waals surface area contributed by atoms with E-state index < -0.39 is 0 Å². The lowest BCUT2D eigenvalue weighted by molar-refractivity contribution is 0.221. The van der Waals surface area contributed by atoms with Gasteiger partial charge < -0.3 is 0 Å². The van der Waals surface area contributed by atoms with E-state index in [9.17, 15) is 0 Å². The van der Waals surface area contributed by atoms with Crippen LogP contribution in [0.15, 0.2) is 140 Å². The van der Waals surface area contributed by atoms with Gasteiger partial charge in [-0.3, -0.25) is 9.55 Å². The number of hydrogen-bond acceptors (Lipinski definition) is 2. The first kappa shape index (κ1) is 26.2. The number of benzene rings is 5. The summed E-state index contributed by atoms with van der Waals surface area (Å²) in [5, 5.41) is 3.66. The van der Waals surface area contributed by atoms with Gasteiger partial charge in [0.25, 0.3) is 0 Å². The van der Waals surface area contributed by atoms with E-state index in [1.165, 1.54) is 38.5 Å². The summed E-state index contributed by atoms with van der Waals surface area (Å²) in [5.41, 5.74) is 10.6. The highest BCUT2D eigenvalue weighted by Gasteiger charge is 2.44. The molecule has 0 fully saturated rings. The van der Waals surface area contributed by atoms with Crippen LogP contribution in [0.25, 0.3) is 60.9 Å². The Bertz CT molecular complexity index is 2320. The molecule has 2 aromatic heterocycles.